The third-order valence-corrected chi connectivity index (χ3v) is 2.97. The van der Waals surface area contributed by atoms with Crippen LogP contribution in [0.25, 0.3) is 0 Å². The first-order chi connectivity index (χ1) is 10.9. The molecule has 0 atom stereocenters. The Morgan fingerprint density at radius 3 is 2.65 bits per heavy atom. The molecule has 0 fully saturated rings. The number of hydrogen-bond acceptors (Lipinski definition) is 5. The smallest absolute Gasteiger partial charge is 0.329 e. The molecule has 0 aromatic heterocycles. The van der Waals surface area contributed by atoms with Crippen molar-refractivity contribution in [3.8, 4) is 0 Å². The van der Waals surface area contributed by atoms with Crippen molar-refractivity contribution in [3.63, 3.8) is 0 Å². The van der Waals surface area contributed by atoms with Crippen LogP contribution in [0.3, 0.4) is 0 Å². The number of rotatable bonds is 6. The molecule has 1 rings (SSSR count). The van der Waals surface area contributed by atoms with Crippen LogP contribution in [0, 0.1) is 0 Å². The molecular formula is C14H17BrN4O4. The summed E-state index contributed by atoms with van der Waals surface area (Å²) < 4.78 is 0.835. The lowest BCUT2D eigenvalue weighted by atomic mass is 10.2. The monoisotopic (exact) mass is 384 g/mol. The molecule has 0 saturated heterocycles. The summed E-state index contributed by atoms with van der Waals surface area (Å²) in [7, 11) is 0. The lowest BCUT2D eigenvalue weighted by Gasteiger charge is -2.06. The number of amides is 3. The van der Waals surface area contributed by atoms with Crippen molar-refractivity contribution in [1.82, 2.24) is 10.7 Å². The maximum absolute atomic E-state index is 11.8. The topological polar surface area (TPSA) is 120 Å². The van der Waals surface area contributed by atoms with Crippen molar-refractivity contribution in [2.24, 2.45) is 5.10 Å². The third kappa shape index (κ3) is 7.52. The molecule has 0 unspecified atom stereocenters. The Kier molecular flexibility index (Phi) is 7.92. The summed E-state index contributed by atoms with van der Waals surface area (Å²) in [6.07, 6.45) is -0.0367. The zero-order valence-electron chi connectivity index (χ0n) is 12.4. The zero-order valence-corrected chi connectivity index (χ0v) is 14.0. The Bertz CT molecular complexity index is 619. The third-order valence-electron chi connectivity index (χ3n) is 2.48. The van der Waals surface area contributed by atoms with Crippen molar-refractivity contribution < 1.29 is 19.5 Å². The van der Waals surface area contributed by atoms with Gasteiger partial charge >= 0.3 is 11.8 Å². The molecule has 3 amide bonds. The highest BCUT2D eigenvalue weighted by atomic mass is 79.9. The minimum absolute atomic E-state index is 0.0238. The van der Waals surface area contributed by atoms with E-state index in [1.54, 1.807) is 25.1 Å². The summed E-state index contributed by atoms with van der Waals surface area (Å²) in [6.45, 7) is 1.26. The van der Waals surface area contributed by atoms with Gasteiger partial charge in [0.25, 0.3) is 0 Å². The predicted octanol–water partition coefficient (Wildman–Crippen LogP) is 0.378. The van der Waals surface area contributed by atoms with E-state index >= 15 is 0 Å². The van der Waals surface area contributed by atoms with Gasteiger partial charge in [0.1, 0.15) is 0 Å². The summed E-state index contributed by atoms with van der Waals surface area (Å²) in [5.74, 6) is -2.18. The molecule has 0 heterocycles. The first-order valence-electron chi connectivity index (χ1n) is 6.70. The maximum Gasteiger partial charge on any atom is 0.329 e. The molecular weight excluding hydrogens is 368 g/mol. The molecule has 0 spiro atoms. The van der Waals surface area contributed by atoms with Gasteiger partial charge in [-0.1, -0.05) is 22.0 Å². The SMILES string of the molecule is C/C(CC(=O)Nc1cccc(Br)c1)=N\NC(=O)C(=O)NCCO. The van der Waals surface area contributed by atoms with E-state index in [0.29, 0.717) is 11.4 Å². The van der Waals surface area contributed by atoms with E-state index in [1.165, 1.54) is 0 Å². The number of aliphatic hydroxyl groups excluding tert-OH is 1. The summed E-state index contributed by atoms with van der Waals surface area (Å²) in [5.41, 5.74) is 3.00. The zero-order chi connectivity index (χ0) is 17.2. The molecule has 0 bridgehead atoms. The van der Waals surface area contributed by atoms with Gasteiger partial charge in [0.15, 0.2) is 0 Å². The Morgan fingerprint density at radius 1 is 1.26 bits per heavy atom. The van der Waals surface area contributed by atoms with E-state index in [0.717, 1.165) is 4.47 Å². The quantitative estimate of drug-likeness (QED) is 0.321. The van der Waals surface area contributed by atoms with Gasteiger partial charge in [-0.05, 0) is 25.1 Å². The van der Waals surface area contributed by atoms with Crippen LogP contribution in [0.5, 0.6) is 0 Å². The summed E-state index contributed by atoms with van der Waals surface area (Å²) in [5, 5.41) is 17.1. The number of hydrogen-bond donors (Lipinski definition) is 4. The Morgan fingerprint density at radius 2 is 2.00 bits per heavy atom. The van der Waals surface area contributed by atoms with Gasteiger partial charge in [-0.25, -0.2) is 5.43 Å². The number of benzene rings is 1. The first-order valence-corrected chi connectivity index (χ1v) is 7.49. The van der Waals surface area contributed by atoms with Crippen LogP contribution in [-0.2, 0) is 14.4 Å². The second-order valence-electron chi connectivity index (χ2n) is 4.50. The normalized spacial score (nSPS) is 10.8. The number of nitrogens with one attached hydrogen (secondary N) is 3. The minimum Gasteiger partial charge on any atom is -0.395 e. The number of carbonyl (C=O) groups excluding carboxylic acids is 3. The highest BCUT2D eigenvalue weighted by Crippen LogP contribution is 2.15. The van der Waals surface area contributed by atoms with Crippen molar-refractivity contribution in [1.29, 1.82) is 0 Å². The summed E-state index contributed by atoms with van der Waals surface area (Å²) in [4.78, 5) is 34.4. The van der Waals surface area contributed by atoms with Crippen molar-refractivity contribution in [2.75, 3.05) is 18.5 Å². The summed E-state index contributed by atoms with van der Waals surface area (Å²) >= 11 is 3.30. The molecule has 0 aliphatic rings. The van der Waals surface area contributed by atoms with Crippen LogP contribution >= 0.6 is 15.9 Å². The lowest BCUT2D eigenvalue weighted by Crippen LogP contribution is -2.39. The second kappa shape index (κ2) is 9.70. The Hall–Kier alpha value is -2.26. The van der Waals surface area contributed by atoms with Crippen LogP contribution in [0.4, 0.5) is 5.69 Å². The summed E-state index contributed by atoms with van der Waals surface area (Å²) in [6, 6.07) is 7.10. The number of hydrazone groups is 1. The Labute approximate surface area is 141 Å². The first kappa shape index (κ1) is 18.8. The van der Waals surface area contributed by atoms with Crippen molar-refractivity contribution >= 4 is 45.1 Å². The van der Waals surface area contributed by atoms with Crippen LogP contribution < -0.4 is 16.1 Å². The average Bonchev–Trinajstić information content (AvgIpc) is 2.50. The van der Waals surface area contributed by atoms with Crippen LogP contribution in [0.2, 0.25) is 0 Å². The number of halogens is 1. The van der Waals surface area contributed by atoms with Crippen molar-refractivity contribution in [3.05, 3.63) is 28.7 Å². The molecule has 0 aliphatic carbocycles. The lowest BCUT2D eigenvalue weighted by molar-refractivity contribution is -0.139. The van der Waals surface area contributed by atoms with Gasteiger partial charge < -0.3 is 15.7 Å². The predicted molar refractivity (Wildman–Crippen MR) is 88.7 cm³/mol. The van der Waals surface area contributed by atoms with Gasteiger partial charge in [0, 0.05) is 22.4 Å². The number of nitrogens with zero attached hydrogens (tertiary/aromatic N) is 1. The van der Waals surface area contributed by atoms with E-state index < -0.39 is 11.8 Å². The van der Waals surface area contributed by atoms with Gasteiger partial charge in [0.2, 0.25) is 5.91 Å². The largest absolute Gasteiger partial charge is 0.395 e. The molecule has 23 heavy (non-hydrogen) atoms. The minimum atomic E-state index is -0.967. The highest BCUT2D eigenvalue weighted by molar-refractivity contribution is 9.10. The van der Waals surface area contributed by atoms with E-state index in [1.807, 2.05) is 11.5 Å². The van der Waals surface area contributed by atoms with E-state index in [4.69, 9.17) is 5.11 Å². The molecule has 8 nitrogen and oxygen atoms in total. The molecule has 1 aromatic rings. The molecule has 9 heteroatoms. The highest BCUT2D eigenvalue weighted by Gasteiger charge is 2.12. The fraction of sp³-hybridized carbons (Fsp3) is 0.286. The van der Waals surface area contributed by atoms with Gasteiger partial charge in [-0.3, -0.25) is 14.4 Å². The fourth-order valence-electron chi connectivity index (χ4n) is 1.49. The second-order valence-corrected chi connectivity index (χ2v) is 5.42. The molecule has 0 saturated carbocycles. The van der Waals surface area contributed by atoms with Crippen LogP contribution in [0.15, 0.2) is 33.8 Å². The number of carbonyl (C=O) groups is 3. The Balaban J connectivity index is 2.45. The fourth-order valence-corrected chi connectivity index (χ4v) is 1.89. The standard InChI is InChI=1S/C14H17BrN4O4/c1-9(18-19-14(23)13(22)16-5-6-20)7-12(21)17-11-4-2-3-10(15)8-11/h2-4,8,20H,5-7H2,1H3,(H,16,22)(H,17,21)(H,19,23)/b18-9+. The molecule has 0 radical (unpaired) electrons. The number of anilines is 1. The molecule has 1 aromatic carbocycles. The van der Waals surface area contributed by atoms with Crippen LogP contribution in [-0.4, -0.2) is 41.7 Å². The molecule has 0 aliphatic heterocycles. The van der Waals surface area contributed by atoms with E-state index in [9.17, 15) is 14.4 Å². The van der Waals surface area contributed by atoms with E-state index in [2.05, 4.69) is 31.7 Å². The molecule has 4 N–H and O–H groups in total. The maximum atomic E-state index is 11.8. The molecule has 124 valence electrons. The van der Waals surface area contributed by atoms with Gasteiger partial charge in [0.05, 0.1) is 13.0 Å². The van der Waals surface area contributed by atoms with E-state index in [-0.39, 0.29) is 25.5 Å². The van der Waals surface area contributed by atoms with Gasteiger partial charge in [-0.2, -0.15) is 5.10 Å². The number of aliphatic hydroxyl groups is 1. The van der Waals surface area contributed by atoms with Crippen molar-refractivity contribution in [2.45, 2.75) is 13.3 Å². The van der Waals surface area contributed by atoms with Crippen LogP contribution in [0.1, 0.15) is 13.3 Å². The average molecular weight is 385 g/mol. The van der Waals surface area contributed by atoms with Gasteiger partial charge in [-0.15, -0.1) is 0 Å².